The molecule has 4 rings (SSSR count). The number of fused-ring (bicyclic) bond motifs is 1. The number of nitrogens with one attached hydrogen (secondary N) is 5. The minimum Gasteiger partial charge on any atom is -0.494 e. The number of carbonyl (C=O) groups excluding carboxylic acids is 2. The van der Waals surface area contributed by atoms with Crippen molar-refractivity contribution in [2.45, 2.75) is 44.2 Å². The van der Waals surface area contributed by atoms with Crippen LogP contribution in [-0.4, -0.2) is 69.7 Å². The third-order valence-electron chi connectivity index (χ3n) is 7.24. The zero-order valence-electron chi connectivity index (χ0n) is 26.5. The van der Waals surface area contributed by atoms with E-state index in [1.165, 1.54) is 6.20 Å². The van der Waals surface area contributed by atoms with E-state index in [-0.39, 0.29) is 18.0 Å². The van der Waals surface area contributed by atoms with Crippen molar-refractivity contribution in [3.05, 3.63) is 81.4 Å². The van der Waals surface area contributed by atoms with Gasteiger partial charge in [-0.1, -0.05) is 6.07 Å². The monoisotopic (exact) mass is 664 g/mol. The van der Waals surface area contributed by atoms with Crippen LogP contribution < -0.4 is 36.6 Å². The molecule has 0 aliphatic rings. The van der Waals surface area contributed by atoms with Crippen LogP contribution in [0.5, 0.6) is 5.75 Å². The van der Waals surface area contributed by atoms with Crippen LogP contribution in [0.4, 0.5) is 5.95 Å². The summed E-state index contributed by atoms with van der Waals surface area (Å²) in [4.78, 5) is 58.0. The Balaban J connectivity index is 1.34. The third-order valence-corrected chi connectivity index (χ3v) is 8.49. The van der Waals surface area contributed by atoms with Crippen molar-refractivity contribution < 1.29 is 24.2 Å². The molecular formula is C32H40N8O6S. The predicted octanol–water partition coefficient (Wildman–Crippen LogP) is 2.20. The number of imidazole rings is 1. The van der Waals surface area contributed by atoms with Crippen LogP contribution in [0.25, 0.3) is 10.9 Å². The molecule has 2 aromatic carbocycles. The number of ether oxygens (including phenoxy) is 1. The molecule has 14 nitrogen and oxygen atoms in total. The number of carboxylic acids is 1. The highest BCUT2D eigenvalue weighted by Crippen LogP contribution is 2.29. The Labute approximate surface area is 276 Å². The molecule has 0 spiro atoms. The number of nitrogens with two attached hydrogens (primary N) is 1. The van der Waals surface area contributed by atoms with Crippen molar-refractivity contribution >= 4 is 46.6 Å². The number of carbonyl (C=O) groups is 3. The maximum atomic E-state index is 13.2. The minimum atomic E-state index is -1.16. The summed E-state index contributed by atoms with van der Waals surface area (Å²) < 4.78 is 10.4. The first-order valence-corrected chi connectivity index (χ1v) is 15.9. The Hall–Kier alpha value is -4.86. The number of nitrogens with zero attached hydrogens (tertiary/aromatic N) is 2. The molecule has 0 aliphatic heterocycles. The highest BCUT2D eigenvalue weighted by atomic mass is 32.2. The first-order chi connectivity index (χ1) is 22.6. The van der Waals surface area contributed by atoms with Gasteiger partial charge >= 0.3 is 5.97 Å². The maximum Gasteiger partial charge on any atom is 0.323 e. The van der Waals surface area contributed by atoms with E-state index in [4.69, 9.17) is 10.5 Å². The number of hydrogen-bond donors (Lipinski definition) is 7. The second kappa shape index (κ2) is 16.6. The van der Waals surface area contributed by atoms with E-state index in [0.717, 1.165) is 33.5 Å². The molecule has 1 atom stereocenters. The number of hydrogen-bond acceptors (Lipinski definition) is 10. The van der Waals surface area contributed by atoms with Crippen molar-refractivity contribution in [2.75, 3.05) is 31.6 Å². The summed E-state index contributed by atoms with van der Waals surface area (Å²) in [6.07, 6.45) is 5.70. The lowest BCUT2D eigenvalue weighted by molar-refractivity contribution is -0.138. The van der Waals surface area contributed by atoms with Crippen molar-refractivity contribution in [1.29, 1.82) is 0 Å². The van der Waals surface area contributed by atoms with Crippen molar-refractivity contribution in [1.82, 2.24) is 29.9 Å². The molecule has 0 radical (unpaired) electrons. The third kappa shape index (κ3) is 9.57. The number of H-pyrrole nitrogens is 1. The molecule has 4 aromatic rings. The number of carboxylic acid groups (broad SMARTS) is 1. The summed E-state index contributed by atoms with van der Waals surface area (Å²) in [7, 11) is 1.74. The van der Waals surface area contributed by atoms with Gasteiger partial charge in [-0.15, -0.1) is 0 Å². The van der Waals surface area contributed by atoms with Gasteiger partial charge in [-0.3, -0.25) is 19.2 Å². The van der Waals surface area contributed by atoms with Gasteiger partial charge in [0.1, 0.15) is 17.4 Å². The lowest BCUT2D eigenvalue weighted by Crippen LogP contribution is -2.44. The average molecular weight is 665 g/mol. The zero-order valence-corrected chi connectivity index (χ0v) is 27.3. The second-order valence-electron chi connectivity index (χ2n) is 10.9. The van der Waals surface area contributed by atoms with Gasteiger partial charge in [0.15, 0.2) is 5.95 Å². The Morgan fingerprint density at radius 3 is 2.60 bits per heavy atom. The van der Waals surface area contributed by atoms with Crippen molar-refractivity contribution in [3.8, 4) is 5.75 Å². The second-order valence-corrected chi connectivity index (χ2v) is 11.8. The van der Waals surface area contributed by atoms with E-state index in [9.17, 15) is 24.3 Å². The van der Waals surface area contributed by atoms with E-state index in [2.05, 4.69) is 30.6 Å². The molecule has 47 heavy (non-hydrogen) atoms. The summed E-state index contributed by atoms with van der Waals surface area (Å²) in [5, 5.41) is 18.7. The molecule has 8 N–H and O–H groups in total. The SMILES string of the molecule is Cc1cc(OCCCC(=O)NCCN)cc(C)c1SN[C@@H](CNC(=O)c1cn(C)c2cc(CNc3ncc[nH]3)ccc2c1=O)C(=O)O. The molecule has 0 saturated carbocycles. The first kappa shape index (κ1) is 35.0. The van der Waals surface area contributed by atoms with E-state index in [1.54, 1.807) is 36.1 Å². The van der Waals surface area contributed by atoms with Gasteiger partial charge < -0.3 is 41.1 Å². The van der Waals surface area contributed by atoms with E-state index < -0.39 is 23.3 Å². The van der Waals surface area contributed by atoms with Crippen LogP contribution in [-0.2, 0) is 23.2 Å². The first-order valence-electron chi connectivity index (χ1n) is 15.1. The minimum absolute atomic E-state index is 0.0715. The topological polar surface area (TPSA) is 205 Å². The normalized spacial score (nSPS) is 11.7. The van der Waals surface area contributed by atoms with Crippen LogP contribution in [0.1, 0.15) is 39.9 Å². The highest BCUT2D eigenvalue weighted by Gasteiger charge is 2.22. The maximum absolute atomic E-state index is 13.2. The Bertz CT molecular complexity index is 1750. The molecule has 2 aromatic heterocycles. The number of rotatable bonds is 17. The Morgan fingerprint density at radius 1 is 1.15 bits per heavy atom. The predicted molar refractivity (Wildman–Crippen MR) is 181 cm³/mol. The number of aryl methyl sites for hydroxylation is 3. The van der Waals surface area contributed by atoms with E-state index in [0.29, 0.717) is 61.7 Å². The number of anilines is 1. The average Bonchev–Trinajstić information content (AvgIpc) is 3.57. The van der Waals surface area contributed by atoms with E-state index in [1.807, 2.05) is 32.0 Å². The molecule has 2 amide bonds. The molecule has 0 unspecified atom stereocenters. The molecule has 0 saturated heterocycles. The number of amides is 2. The van der Waals surface area contributed by atoms with Gasteiger partial charge in [0.2, 0.25) is 11.3 Å². The molecule has 0 aliphatic carbocycles. The number of aliphatic carboxylic acids is 1. The summed E-state index contributed by atoms with van der Waals surface area (Å²) in [6, 6.07) is 7.89. The molecule has 15 heteroatoms. The zero-order chi connectivity index (χ0) is 33.9. The summed E-state index contributed by atoms with van der Waals surface area (Å²) in [5.41, 5.74) is 8.16. The fourth-order valence-electron chi connectivity index (χ4n) is 4.82. The smallest absolute Gasteiger partial charge is 0.323 e. The molecule has 0 fully saturated rings. The number of benzene rings is 2. The summed E-state index contributed by atoms with van der Waals surface area (Å²) in [5.74, 6) is -0.628. The standard InChI is InChI=1S/C32H40N8O6S/c1-19-13-22(46-12-4-5-27(41)34-9-8-33)14-20(2)29(19)47-39-25(31(44)45)17-37-30(43)24-18-40(3)26-15-21(6-7-23(26)28(24)42)16-38-32-35-10-11-36-32/h6-7,10-11,13-15,18,25,39H,4-5,8-9,12,16-17,33H2,1-3H3,(H,34,41)(H,37,43)(H,44,45)(H2,35,36,38)/t25-/m0/s1. The largest absolute Gasteiger partial charge is 0.494 e. The van der Waals surface area contributed by atoms with Crippen LogP contribution in [0.3, 0.4) is 0 Å². The number of aromatic amines is 1. The molecular weight excluding hydrogens is 624 g/mol. The lowest BCUT2D eigenvalue weighted by Gasteiger charge is -2.18. The van der Waals surface area contributed by atoms with Gasteiger partial charge in [-0.25, -0.2) is 9.71 Å². The number of pyridine rings is 1. The highest BCUT2D eigenvalue weighted by molar-refractivity contribution is 7.97. The fraction of sp³-hybridized carbons (Fsp3) is 0.344. The van der Waals surface area contributed by atoms with Crippen molar-refractivity contribution in [2.24, 2.45) is 12.8 Å². The van der Waals surface area contributed by atoms with Gasteiger partial charge in [0.05, 0.1) is 12.1 Å². The van der Waals surface area contributed by atoms with Gasteiger partial charge in [-0.05, 0) is 73.2 Å². The lowest BCUT2D eigenvalue weighted by atomic mass is 10.1. The summed E-state index contributed by atoms with van der Waals surface area (Å²) in [6.45, 7) is 5.20. The van der Waals surface area contributed by atoms with Gasteiger partial charge in [0.25, 0.3) is 5.91 Å². The quantitative estimate of drug-likeness (QED) is 0.0644. The molecule has 250 valence electrons. The molecule has 2 heterocycles. The van der Waals surface area contributed by atoms with Gasteiger partial charge in [-0.2, -0.15) is 0 Å². The van der Waals surface area contributed by atoms with Crippen molar-refractivity contribution in [3.63, 3.8) is 0 Å². The van der Waals surface area contributed by atoms with Gasteiger partial charge in [0, 0.05) is 68.5 Å². The van der Waals surface area contributed by atoms with E-state index >= 15 is 0 Å². The van der Waals surface area contributed by atoms with Crippen LogP contribution >= 0.6 is 11.9 Å². The molecule has 0 bridgehead atoms. The van der Waals surface area contributed by atoms with Crippen LogP contribution in [0.2, 0.25) is 0 Å². The number of aromatic nitrogens is 3. The fourth-order valence-corrected chi connectivity index (χ4v) is 5.71. The summed E-state index contributed by atoms with van der Waals surface area (Å²) >= 11 is 1.14. The Kier molecular flexibility index (Phi) is 12.4. The van der Waals surface area contributed by atoms with Crippen LogP contribution in [0.15, 0.2) is 58.6 Å². The van der Waals surface area contributed by atoms with Crippen LogP contribution in [0, 0.1) is 13.8 Å². The Morgan fingerprint density at radius 2 is 1.91 bits per heavy atom.